The first-order valence-electron chi connectivity index (χ1n) is 13.9. The Bertz CT molecular complexity index is 1240. The normalized spacial score (nSPS) is 14.5. The fourth-order valence-electron chi connectivity index (χ4n) is 4.19. The largest absolute Gasteiger partial charge is 0.508 e. The number of hydrogen-bond acceptors (Lipinski definition) is 8. The Labute approximate surface area is 250 Å². The predicted molar refractivity (Wildman–Crippen MR) is 158 cm³/mol. The molecule has 0 unspecified atom stereocenters. The lowest BCUT2D eigenvalue weighted by Gasteiger charge is -2.24. The van der Waals surface area contributed by atoms with Gasteiger partial charge in [-0.2, -0.15) is 0 Å². The molecule has 9 N–H and O–H groups in total. The molecule has 13 nitrogen and oxygen atoms in total. The number of carboxylic acid groups (broad SMARTS) is 1. The summed E-state index contributed by atoms with van der Waals surface area (Å²) in [7, 11) is 0. The number of nitrogens with one attached hydrogen (secondary N) is 4. The predicted octanol–water partition coefficient (Wildman–Crippen LogP) is -0.413. The second kappa shape index (κ2) is 16.8. The lowest BCUT2D eigenvalue weighted by Crippen LogP contribution is -2.58. The van der Waals surface area contributed by atoms with E-state index in [0.717, 1.165) is 0 Å². The average molecular weight is 600 g/mol. The summed E-state index contributed by atoms with van der Waals surface area (Å²) >= 11 is 0. The van der Waals surface area contributed by atoms with Gasteiger partial charge in [-0.05, 0) is 48.9 Å². The molecule has 4 amide bonds. The molecule has 234 valence electrons. The third kappa shape index (κ3) is 12.1. The molecule has 0 heterocycles. The van der Waals surface area contributed by atoms with Gasteiger partial charge in [0.1, 0.15) is 23.9 Å². The minimum Gasteiger partial charge on any atom is -0.508 e. The molecule has 0 bridgehead atoms. The molecule has 0 fully saturated rings. The van der Waals surface area contributed by atoms with Crippen molar-refractivity contribution >= 4 is 29.6 Å². The van der Waals surface area contributed by atoms with Gasteiger partial charge in [0.15, 0.2) is 0 Å². The standard InChI is InChI=1S/C30H41N5O8/c1-17(2)13-24(30(42)43)34-28(40)23(15-19-7-5-4-6-8-19)33-25(38)16-32-29(41)26(18(3)36)35-27(39)22(31)14-20-9-11-21(37)12-10-20/h4-12,17-18,22-24,26,36-37H,13-16,31H2,1-3H3,(H,32,41)(H,33,38)(H,34,40)(H,35,39)(H,42,43)/t18-,22+,23+,24+,26-/m1/s1. The molecule has 43 heavy (non-hydrogen) atoms. The average Bonchev–Trinajstić information content (AvgIpc) is 2.95. The molecule has 0 saturated heterocycles. The van der Waals surface area contributed by atoms with Crippen molar-refractivity contribution in [2.75, 3.05) is 6.54 Å². The van der Waals surface area contributed by atoms with E-state index in [2.05, 4.69) is 21.3 Å². The number of carboxylic acids is 1. The zero-order valence-corrected chi connectivity index (χ0v) is 24.4. The number of aliphatic hydroxyl groups is 1. The second-order valence-corrected chi connectivity index (χ2v) is 10.8. The van der Waals surface area contributed by atoms with Crippen molar-refractivity contribution in [3.8, 4) is 5.75 Å². The number of phenols is 1. The Kier molecular flexibility index (Phi) is 13.6. The molecule has 0 aliphatic carbocycles. The van der Waals surface area contributed by atoms with E-state index in [1.54, 1.807) is 42.5 Å². The zero-order valence-electron chi connectivity index (χ0n) is 24.4. The number of carbonyl (C=O) groups excluding carboxylic acids is 4. The first-order chi connectivity index (χ1) is 20.3. The van der Waals surface area contributed by atoms with Crippen LogP contribution in [-0.4, -0.2) is 81.7 Å². The van der Waals surface area contributed by atoms with Gasteiger partial charge in [-0.25, -0.2) is 4.79 Å². The van der Waals surface area contributed by atoms with Crippen molar-refractivity contribution in [1.29, 1.82) is 0 Å². The van der Waals surface area contributed by atoms with Crippen LogP contribution < -0.4 is 27.0 Å². The topological polar surface area (TPSA) is 220 Å². The molecule has 0 aromatic heterocycles. The number of aliphatic hydroxyl groups excluding tert-OH is 1. The smallest absolute Gasteiger partial charge is 0.326 e. The van der Waals surface area contributed by atoms with Crippen LogP contribution in [0.25, 0.3) is 0 Å². The molecule has 2 aromatic rings. The van der Waals surface area contributed by atoms with Gasteiger partial charge in [0.25, 0.3) is 0 Å². The lowest BCUT2D eigenvalue weighted by molar-refractivity contribution is -0.142. The highest BCUT2D eigenvalue weighted by Gasteiger charge is 2.30. The maximum Gasteiger partial charge on any atom is 0.326 e. The fourth-order valence-corrected chi connectivity index (χ4v) is 4.19. The maximum atomic E-state index is 13.1. The van der Waals surface area contributed by atoms with Crippen molar-refractivity contribution in [3.05, 3.63) is 65.7 Å². The first kappa shape index (κ1) is 34.7. The van der Waals surface area contributed by atoms with Gasteiger partial charge in [-0.1, -0.05) is 56.3 Å². The van der Waals surface area contributed by atoms with Crippen LogP contribution in [0.15, 0.2) is 54.6 Å². The highest BCUT2D eigenvalue weighted by molar-refractivity contribution is 5.94. The molecule has 0 aliphatic heterocycles. The number of aromatic hydroxyl groups is 1. The highest BCUT2D eigenvalue weighted by atomic mass is 16.4. The van der Waals surface area contributed by atoms with Crippen molar-refractivity contribution in [1.82, 2.24) is 21.3 Å². The molecule has 2 aromatic carbocycles. The van der Waals surface area contributed by atoms with Crippen LogP contribution in [0.5, 0.6) is 5.75 Å². The molecule has 5 atom stereocenters. The number of carbonyl (C=O) groups is 5. The van der Waals surface area contributed by atoms with E-state index in [4.69, 9.17) is 5.73 Å². The number of hydrogen-bond donors (Lipinski definition) is 8. The molecule has 0 radical (unpaired) electrons. The Morgan fingerprint density at radius 2 is 1.37 bits per heavy atom. The monoisotopic (exact) mass is 599 g/mol. The van der Waals surface area contributed by atoms with Crippen LogP contribution in [0.2, 0.25) is 0 Å². The van der Waals surface area contributed by atoms with E-state index in [1.165, 1.54) is 19.1 Å². The van der Waals surface area contributed by atoms with E-state index >= 15 is 0 Å². The minimum atomic E-state index is -1.43. The van der Waals surface area contributed by atoms with E-state index < -0.39 is 66.4 Å². The summed E-state index contributed by atoms with van der Waals surface area (Å²) in [5, 5.41) is 38.8. The third-order valence-corrected chi connectivity index (χ3v) is 6.47. The molecule has 0 spiro atoms. The Hall–Kier alpha value is -4.49. The lowest BCUT2D eigenvalue weighted by atomic mass is 10.0. The van der Waals surface area contributed by atoms with Gasteiger partial charge in [-0.3, -0.25) is 19.2 Å². The maximum absolute atomic E-state index is 13.1. The van der Waals surface area contributed by atoms with E-state index in [0.29, 0.717) is 11.1 Å². The van der Waals surface area contributed by atoms with Crippen LogP contribution in [-0.2, 0) is 36.8 Å². The number of phenolic OH excluding ortho intramolecular Hbond substituents is 1. The summed E-state index contributed by atoms with van der Waals surface area (Å²) in [6, 6.07) is 10.1. The molecular formula is C30H41N5O8. The minimum absolute atomic E-state index is 0.0107. The van der Waals surface area contributed by atoms with Crippen LogP contribution in [0.4, 0.5) is 0 Å². The Morgan fingerprint density at radius 1 is 0.767 bits per heavy atom. The van der Waals surface area contributed by atoms with Crippen LogP contribution >= 0.6 is 0 Å². The zero-order chi connectivity index (χ0) is 32.1. The van der Waals surface area contributed by atoms with Gasteiger partial charge >= 0.3 is 5.97 Å². The number of nitrogens with two attached hydrogens (primary N) is 1. The third-order valence-electron chi connectivity index (χ3n) is 6.47. The van der Waals surface area contributed by atoms with E-state index in [1.807, 2.05) is 13.8 Å². The van der Waals surface area contributed by atoms with Crippen molar-refractivity contribution in [2.24, 2.45) is 11.7 Å². The van der Waals surface area contributed by atoms with Crippen molar-refractivity contribution in [3.63, 3.8) is 0 Å². The van der Waals surface area contributed by atoms with Crippen LogP contribution in [0, 0.1) is 5.92 Å². The molecule has 0 aliphatic rings. The van der Waals surface area contributed by atoms with Gasteiger partial charge < -0.3 is 42.3 Å². The summed E-state index contributed by atoms with van der Waals surface area (Å²) in [5.74, 6) is -4.18. The highest BCUT2D eigenvalue weighted by Crippen LogP contribution is 2.11. The summed E-state index contributed by atoms with van der Waals surface area (Å²) in [6.07, 6.45) is -0.980. The molecule has 0 saturated carbocycles. The summed E-state index contributed by atoms with van der Waals surface area (Å²) < 4.78 is 0. The van der Waals surface area contributed by atoms with Crippen molar-refractivity contribution < 1.29 is 39.3 Å². The van der Waals surface area contributed by atoms with E-state index in [9.17, 15) is 39.3 Å². The Morgan fingerprint density at radius 3 is 1.93 bits per heavy atom. The van der Waals surface area contributed by atoms with Crippen molar-refractivity contribution in [2.45, 2.75) is 70.3 Å². The number of rotatable bonds is 16. The molecule has 2 rings (SSSR count). The molecular weight excluding hydrogens is 558 g/mol. The number of benzene rings is 2. The van der Waals surface area contributed by atoms with Gasteiger partial charge in [0, 0.05) is 6.42 Å². The van der Waals surface area contributed by atoms with E-state index in [-0.39, 0.29) is 30.9 Å². The summed E-state index contributed by atoms with van der Waals surface area (Å²) in [4.78, 5) is 63.0. The molecule has 13 heteroatoms. The quantitative estimate of drug-likeness (QED) is 0.125. The number of aliphatic carboxylic acids is 1. The summed E-state index contributed by atoms with van der Waals surface area (Å²) in [6.45, 7) is 4.33. The number of amides is 4. The second-order valence-electron chi connectivity index (χ2n) is 10.8. The van der Waals surface area contributed by atoms with Gasteiger partial charge in [0.05, 0.1) is 18.7 Å². The Balaban J connectivity index is 2.02. The SMILES string of the molecule is CC(C)C[C@H](NC(=O)[C@H](Cc1ccccc1)NC(=O)CNC(=O)[C@H](NC(=O)[C@@H](N)Cc1ccc(O)cc1)[C@@H](C)O)C(=O)O. The van der Waals surface area contributed by atoms with Gasteiger partial charge in [0.2, 0.25) is 23.6 Å². The summed E-state index contributed by atoms with van der Waals surface area (Å²) in [5.41, 5.74) is 7.34. The first-order valence-corrected chi connectivity index (χ1v) is 13.9. The van der Waals surface area contributed by atoms with Crippen LogP contribution in [0.3, 0.4) is 0 Å². The van der Waals surface area contributed by atoms with Crippen LogP contribution in [0.1, 0.15) is 38.3 Å². The fraction of sp³-hybridized carbons (Fsp3) is 0.433. The van der Waals surface area contributed by atoms with Gasteiger partial charge in [-0.15, -0.1) is 0 Å².